The highest BCUT2D eigenvalue weighted by Gasteiger charge is 2.25. The molecule has 0 saturated carbocycles. The van der Waals surface area contributed by atoms with Gasteiger partial charge < -0.3 is 0 Å². The van der Waals surface area contributed by atoms with Gasteiger partial charge in [0.1, 0.15) is 0 Å². The van der Waals surface area contributed by atoms with Crippen molar-refractivity contribution < 1.29 is 12.6 Å². The van der Waals surface area contributed by atoms with E-state index in [1.165, 1.54) is 12.1 Å². The molecule has 0 aliphatic rings. The molecule has 4 nitrogen and oxygen atoms in total. The Hall–Kier alpha value is -2.44. The Morgan fingerprint density at radius 1 is 0.774 bits per heavy atom. The third-order valence-corrected chi connectivity index (χ3v) is 9.73. The molecule has 164 valence electrons. The number of nitrogens with zero attached hydrogens (tertiary/aromatic N) is 1. The third-order valence-electron chi connectivity index (χ3n) is 5.25. The summed E-state index contributed by atoms with van der Waals surface area (Å²) in [5, 5.41) is 0. The van der Waals surface area contributed by atoms with Crippen LogP contribution in [0.15, 0.2) is 98.5 Å². The van der Waals surface area contributed by atoms with Crippen molar-refractivity contribution in [3.63, 3.8) is 0 Å². The van der Waals surface area contributed by atoms with Crippen LogP contribution in [0.3, 0.4) is 0 Å². The van der Waals surface area contributed by atoms with Gasteiger partial charge in [-0.05, 0) is 49.1 Å². The third kappa shape index (κ3) is 6.05. The van der Waals surface area contributed by atoms with Gasteiger partial charge in [-0.3, -0.25) is 0 Å². The van der Waals surface area contributed by atoms with Crippen LogP contribution in [0.1, 0.15) is 43.2 Å². The van der Waals surface area contributed by atoms with Gasteiger partial charge in [0, 0.05) is 10.6 Å². The predicted octanol–water partition coefficient (Wildman–Crippen LogP) is 6.18. The summed E-state index contributed by atoms with van der Waals surface area (Å²) in [7, 11) is -7.31. The van der Waals surface area contributed by atoms with E-state index in [9.17, 15) is 12.6 Å². The maximum atomic E-state index is 14.2. The normalized spacial score (nSPS) is 14.5. The Bertz CT molecular complexity index is 1200. The first-order chi connectivity index (χ1) is 14.8. The highest BCUT2D eigenvalue weighted by Crippen LogP contribution is 2.29. The van der Waals surface area contributed by atoms with Gasteiger partial charge in [0.15, 0.2) is 0 Å². The second kappa shape index (κ2) is 10.2. The molecule has 0 radical (unpaired) electrons. The van der Waals surface area contributed by atoms with Crippen molar-refractivity contribution in [3.8, 4) is 0 Å². The van der Waals surface area contributed by atoms with E-state index in [2.05, 4.69) is 10.7 Å². The molecular formula is C25H29NO3S2. The fourth-order valence-electron chi connectivity index (χ4n) is 3.51. The fourth-order valence-corrected chi connectivity index (χ4v) is 7.87. The van der Waals surface area contributed by atoms with Crippen molar-refractivity contribution in [3.05, 3.63) is 96.1 Å². The molecule has 0 aliphatic heterocycles. The number of aryl methyl sites for hydroxylation is 1. The number of rotatable bonds is 9. The van der Waals surface area contributed by atoms with Crippen LogP contribution in [0, 0.1) is 6.92 Å². The van der Waals surface area contributed by atoms with Crippen molar-refractivity contribution in [2.45, 2.75) is 48.8 Å². The van der Waals surface area contributed by atoms with Crippen molar-refractivity contribution >= 4 is 19.8 Å². The molecule has 0 N–H and O–H groups in total. The Kier molecular flexibility index (Phi) is 7.68. The van der Waals surface area contributed by atoms with Crippen LogP contribution in [0.25, 0.3) is 0 Å². The maximum absolute atomic E-state index is 14.2. The Balaban J connectivity index is 2.12. The Morgan fingerprint density at radius 2 is 1.35 bits per heavy atom. The van der Waals surface area contributed by atoms with Crippen molar-refractivity contribution in [1.82, 2.24) is 0 Å². The van der Waals surface area contributed by atoms with Gasteiger partial charge >= 0.3 is 0 Å². The average Bonchev–Trinajstić information content (AvgIpc) is 2.78. The minimum atomic E-state index is -4.08. The Morgan fingerprint density at radius 3 is 1.94 bits per heavy atom. The highest BCUT2D eigenvalue weighted by molar-refractivity contribution is 8.03. The minimum Gasteiger partial charge on any atom is -0.244 e. The average molecular weight is 456 g/mol. The predicted molar refractivity (Wildman–Crippen MR) is 127 cm³/mol. The van der Waals surface area contributed by atoms with Crippen LogP contribution in [0.4, 0.5) is 0 Å². The van der Waals surface area contributed by atoms with Crippen LogP contribution < -0.4 is 0 Å². The first kappa shape index (κ1) is 23.2. The summed E-state index contributed by atoms with van der Waals surface area (Å²) >= 11 is 0. The molecular weight excluding hydrogens is 426 g/mol. The van der Waals surface area contributed by atoms with E-state index in [1.807, 2.05) is 43.3 Å². The van der Waals surface area contributed by atoms with E-state index >= 15 is 0 Å². The molecule has 3 rings (SSSR count). The summed E-state index contributed by atoms with van der Waals surface area (Å²) in [6.07, 6.45) is 2.80. The largest absolute Gasteiger partial charge is 0.290 e. The van der Waals surface area contributed by atoms with Crippen molar-refractivity contribution in [2.24, 2.45) is 3.77 Å². The van der Waals surface area contributed by atoms with E-state index < -0.39 is 19.8 Å². The lowest BCUT2D eigenvalue weighted by Crippen LogP contribution is -2.17. The van der Waals surface area contributed by atoms with Crippen LogP contribution in [-0.4, -0.2) is 18.4 Å². The molecule has 2 unspecified atom stereocenters. The zero-order chi connectivity index (χ0) is 22.3. The lowest BCUT2D eigenvalue weighted by Gasteiger charge is -2.20. The summed E-state index contributed by atoms with van der Waals surface area (Å²) < 4.78 is 44.6. The van der Waals surface area contributed by atoms with Gasteiger partial charge in [-0.15, -0.1) is 3.77 Å². The number of unbranched alkanes of at least 4 members (excludes halogenated alkanes) is 1. The second-order valence-electron chi connectivity index (χ2n) is 7.73. The summed E-state index contributed by atoms with van der Waals surface area (Å²) in [6, 6.07) is 25.1. The van der Waals surface area contributed by atoms with Gasteiger partial charge in [0.05, 0.1) is 14.6 Å². The molecule has 6 heteroatoms. The quantitative estimate of drug-likeness (QED) is 0.387. The van der Waals surface area contributed by atoms with Crippen LogP contribution in [0.2, 0.25) is 0 Å². The summed E-state index contributed by atoms with van der Waals surface area (Å²) in [4.78, 5) is 0.509. The van der Waals surface area contributed by atoms with E-state index in [1.54, 1.807) is 36.4 Å². The Labute approximate surface area is 186 Å². The monoisotopic (exact) mass is 455 g/mol. The van der Waals surface area contributed by atoms with Gasteiger partial charge in [-0.1, -0.05) is 86.0 Å². The van der Waals surface area contributed by atoms with E-state index in [0.29, 0.717) is 4.90 Å². The molecule has 0 heterocycles. The smallest absolute Gasteiger partial charge is 0.244 e. The second-order valence-corrected chi connectivity index (χ2v) is 11.8. The molecule has 0 saturated heterocycles. The van der Waals surface area contributed by atoms with Crippen molar-refractivity contribution in [2.75, 3.05) is 5.75 Å². The molecule has 0 aromatic heterocycles. The van der Waals surface area contributed by atoms with Gasteiger partial charge in [-0.2, -0.15) is 8.42 Å². The zero-order valence-corrected chi connectivity index (χ0v) is 19.6. The molecule has 2 atom stereocenters. The number of sulfonamides is 1. The summed E-state index contributed by atoms with van der Waals surface area (Å²) in [5.74, 6) is 0.109. The van der Waals surface area contributed by atoms with Crippen LogP contribution >= 0.6 is 0 Å². The lowest BCUT2D eigenvalue weighted by molar-refractivity contribution is 0.596. The molecule has 0 spiro atoms. The molecule has 0 aliphatic carbocycles. The zero-order valence-electron chi connectivity index (χ0n) is 18.0. The first-order valence-electron chi connectivity index (χ1n) is 10.5. The van der Waals surface area contributed by atoms with Gasteiger partial charge in [0.25, 0.3) is 10.0 Å². The number of benzene rings is 3. The van der Waals surface area contributed by atoms with Crippen LogP contribution in [0.5, 0.6) is 0 Å². The topological polar surface area (TPSA) is 63.6 Å². The standard InChI is InChI=1S/C25H29NO3S2/c1-3-4-11-23(22-12-7-5-8-13-22)20-30(27,24-14-9-6-10-15-24)26-31(28,29)25-18-16-21(2)17-19-25/h5-10,12-19,23H,3-4,11,20H2,1-2H3. The molecule has 0 fully saturated rings. The summed E-state index contributed by atoms with van der Waals surface area (Å²) in [5.41, 5.74) is 2.01. The fraction of sp³-hybridized carbons (Fsp3) is 0.280. The number of hydrogen-bond acceptors (Lipinski definition) is 3. The molecule has 31 heavy (non-hydrogen) atoms. The first-order valence-corrected chi connectivity index (χ1v) is 13.6. The lowest BCUT2D eigenvalue weighted by atomic mass is 9.95. The van der Waals surface area contributed by atoms with Gasteiger partial charge in [0.2, 0.25) is 0 Å². The highest BCUT2D eigenvalue weighted by atomic mass is 32.3. The van der Waals surface area contributed by atoms with Crippen LogP contribution in [-0.2, 0) is 19.8 Å². The van der Waals surface area contributed by atoms with Gasteiger partial charge in [-0.25, -0.2) is 4.21 Å². The molecule has 0 bridgehead atoms. The minimum absolute atomic E-state index is 0.0502. The van der Waals surface area contributed by atoms with E-state index in [0.717, 1.165) is 30.4 Å². The molecule has 0 amide bonds. The maximum Gasteiger partial charge on any atom is 0.290 e. The number of hydrogen-bond donors (Lipinski definition) is 0. The molecule has 3 aromatic rings. The van der Waals surface area contributed by atoms with E-state index in [-0.39, 0.29) is 16.6 Å². The molecule has 3 aromatic carbocycles. The van der Waals surface area contributed by atoms with E-state index in [4.69, 9.17) is 0 Å². The SMILES string of the molecule is CCCCC(CS(=O)(=NS(=O)(=O)c1ccc(C)cc1)c1ccccc1)c1ccccc1. The summed E-state index contributed by atoms with van der Waals surface area (Å²) in [6.45, 7) is 4.00. The van der Waals surface area contributed by atoms with Crippen molar-refractivity contribution in [1.29, 1.82) is 0 Å².